The number of carbonyl (C=O) groups is 1. The fraction of sp³-hybridized carbons (Fsp3) is 0.800. The predicted octanol–water partition coefficient (Wildman–Crippen LogP) is 4.02. The summed E-state index contributed by atoms with van der Waals surface area (Å²) in [6.07, 6.45) is -0.177. The number of aromatic nitrogens is 2. The summed E-state index contributed by atoms with van der Waals surface area (Å²) in [5.41, 5.74) is -0.942. The van der Waals surface area contributed by atoms with E-state index in [0.717, 1.165) is 0 Å². The number of aldehydes is 1. The normalized spacial score (nSPS) is 27.1. The number of fused-ring (bicyclic) bond motifs is 1. The van der Waals surface area contributed by atoms with Crippen LogP contribution in [0.2, 0.25) is 28.2 Å². The van der Waals surface area contributed by atoms with E-state index < -0.39 is 52.5 Å². The Bertz CT molecular complexity index is 1080. The molecule has 1 unspecified atom stereocenters. The van der Waals surface area contributed by atoms with Gasteiger partial charge in [0, 0.05) is 16.3 Å². The summed E-state index contributed by atoms with van der Waals surface area (Å²) in [4.78, 5) is 38.7. The second-order valence-electron chi connectivity index (χ2n) is 13.6. The largest absolute Gasteiger partial charge is 0.408 e. The summed E-state index contributed by atoms with van der Waals surface area (Å²) in [7, 11) is -5.18. The van der Waals surface area contributed by atoms with Crippen LogP contribution >= 0.6 is 0 Å². The first-order chi connectivity index (χ1) is 16.3. The van der Waals surface area contributed by atoms with Gasteiger partial charge >= 0.3 is 14.3 Å². The fourth-order valence-corrected chi connectivity index (χ4v) is 11.4. The molecule has 1 N–H and O–H groups in total. The van der Waals surface area contributed by atoms with Crippen molar-refractivity contribution in [3.05, 3.63) is 32.6 Å². The molecule has 1 aromatic heterocycles. The molecule has 0 bridgehead atoms. The van der Waals surface area contributed by atoms with Crippen LogP contribution < -0.4 is 11.2 Å². The smallest absolute Gasteiger partial charge is 0.349 e. The number of aromatic amines is 1. The monoisotopic (exact) mass is 540 g/mol. The highest BCUT2D eigenvalue weighted by Gasteiger charge is 2.65. The van der Waals surface area contributed by atoms with Crippen LogP contribution in [0.25, 0.3) is 0 Å². The molecule has 2 aliphatic rings. The second-order valence-corrected chi connectivity index (χ2v) is 23.1. The van der Waals surface area contributed by atoms with Crippen LogP contribution in [-0.4, -0.2) is 57.6 Å². The molecule has 9 nitrogen and oxygen atoms in total. The van der Waals surface area contributed by atoms with E-state index in [2.05, 4.69) is 80.4 Å². The number of H-pyrrole nitrogens is 1. The Morgan fingerprint density at radius 2 is 1.69 bits per heavy atom. The molecule has 2 aliphatic heterocycles. The average Bonchev–Trinajstić information content (AvgIpc) is 3.04. The molecular formula is C25H44N2O7Si2. The molecule has 0 aromatic carbocycles. The van der Waals surface area contributed by atoms with Crippen molar-refractivity contribution < 1.29 is 22.8 Å². The zero-order chi connectivity index (χ0) is 27.5. The van der Waals surface area contributed by atoms with Crippen molar-refractivity contribution in [3.8, 4) is 0 Å². The zero-order valence-electron chi connectivity index (χ0n) is 23.7. The molecule has 204 valence electrons. The lowest BCUT2D eigenvalue weighted by molar-refractivity contribution is -0.108. The van der Waals surface area contributed by atoms with Crippen LogP contribution in [0.1, 0.15) is 74.0 Å². The molecule has 0 aliphatic carbocycles. The third-order valence-electron chi connectivity index (χ3n) is 7.89. The molecule has 3 heterocycles. The number of rotatable bonds is 5. The van der Waals surface area contributed by atoms with Crippen molar-refractivity contribution in [3.63, 3.8) is 0 Å². The summed E-state index contributed by atoms with van der Waals surface area (Å²) in [5.74, 6) is 0. The molecule has 36 heavy (non-hydrogen) atoms. The number of hydrogen-bond acceptors (Lipinski definition) is 7. The molecule has 11 heteroatoms. The van der Waals surface area contributed by atoms with E-state index in [1.165, 1.54) is 10.8 Å². The van der Waals surface area contributed by atoms with Gasteiger partial charge in [-0.1, -0.05) is 62.3 Å². The predicted molar refractivity (Wildman–Crippen MR) is 143 cm³/mol. The van der Waals surface area contributed by atoms with Gasteiger partial charge in [0.1, 0.15) is 30.7 Å². The summed E-state index contributed by atoms with van der Waals surface area (Å²) in [5, 5.41) is -0.554. The summed E-state index contributed by atoms with van der Waals surface area (Å²) in [6, 6.07) is 0. The molecule has 3 rings (SSSR count). The average molecular weight is 541 g/mol. The molecule has 2 saturated heterocycles. The highest BCUT2D eigenvalue weighted by Crippen LogP contribution is 2.56. The van der Waals surface area contributed by atoms with Crippen LogP contribution in [0.5, 0.6) is 0 Å². The lowest BCUT2D eigenvalue weighted by atomic mass is 10.0. The Morgan fingerprint density at radius 3 is 2.19 bits per heavy atom. The molecule has 4 atom stereocenters. The van der Waals surface area contributed by atoms with Crippen molar-refractivity contribution in [1.82, 2.24) is 9.55 Å². The number of carbonyl (C=O) groups excluding carboxylic acids is 1. The molecule has 0 saturated carbocycles. The highest BCUT2D eigenvalue weighted by atomic mass is 28.4. The van der Waals surface area contributed by atoms with Crippen molar-refractivity contribution in [2.75, 3.05) is 6.61 Å². The maximum Gasteiger partial charge on any atom is 0.349 e. The number of nitrogens with one attached hydrogen (secondary N) is 1. The minimum atomic E-state index is -2.84. The Kier molecular flexibility index (Phi) is 7.64. The third-order valence-corrected chi connectivity index (χ3v) is 17.5. The Morgan fingerprint density at radius 1 is 1.11 bits per heavy atom. The van der Waals surface area contributed by atoms with Crippen LogP contribution in [-0.2, 0) is 29.4 Å². The Balaban J connectivity index is 2.16. The molecule has 0 radical (unpaired) electrons. The number of nitrogens with zero attached hydrogens (tertiary/aromatic N) is 1. The van der Waals surface area contributed by atoms with E-state index in [4.69, 9.17) is 18.0 Å². The van der Waals surface area contributed by atoms with E-state index in [0.29, 0.717) is 12.9 Å². The van der Waals surface area contributed by atoms with Gasteiger partial charge in [0.15, 0.2) is 8.32 Å². The number of hydrogen-bond donors (Lipinski definition) is 1. The van der Waals surface area contributed by atoms with E-state index in [9.17, 15) is 14.4 Å². The molecule has 1 aromatic rings. The standard InChI is InChI=1S/C25H44N2O7Si2/c1-23(2,3)35(10,11)33-20-18(16-14-27(12-13-28)22(30)26-21(16)29)32-17-15-31-36(24(4,5)6,25(7,8)9)34-19(17)20/h13-14,17-20H,12,15H2,1-11H3,(H,26,29,30)/t17-,18+,19?,20-/m1/s1. The first kappa shape index (κ1) is 29.2. The van der Waals surface area contributed by atoms with Gasteiger partial charge in [-0.25, -0.2) is 4.79 Å². The van der Waals surface area contributed by atoms with Crippen LogP contribution in [0.15, 0.2) is 15.8 Å². The van der Waals surface area contributed by atoms with E-state index in [-0.39, 0.29) is 27.2 Å². The van der Waals surface area contributed by atoms with Gasteiger partial charge in [-0.2, -0.15) is 0 Å². The lowest BCUT2D eigenvalue weighted by Gasteiger charge is -2.54. The topological polar surface area (TPSA) is 109 Å². The first-order valence-corrected chi connectivity index (χ1v) is 17.4. The first-order valence-electron chi connectivity index (χ1n) is 12.7. The van der Waals surface area contributed by atoms with Gasteiger partial charge in [0.05, 0.1) is 18.7 Å². The van der Waals surface area contributed by atoms with Gasteiger partial charge in [0.2, 0.25) is 0 Å². The van der Waals surface area contributed by atoms with Gasteiger partial charge in [0.25, 0.3) is 5.56 Å². The molecule has 0 amide bonds. The Labute approximate surface area is 216 Å². The highest BCUT2D eigenvalue weighted by molar-refractivity contribution is 6.74. The van der Waals surface area contributed by atoms with Crippen molar-refractivity contribution in [1.29, 1.82) is 0 Å². The second kappa shape index (κ2) is 9.42. The van der Waals surface area contributed by atoms with Gasteiger partial charge in [-0.15, -0.1) is 0 Å². The van der Waals surface area contributed by atoms with Crippen molar-refractivity contribution >= 4 is 23.2 Å². The Hall–Kier alpha value is -1.38. The van der Waals surface area contributed by atoms with Crippen LogP contribution in [0.4, 0.5) is 0 Å². The van der Waals surface area contributed by atoms with Gasteiger partial charge in [-0.3, -0.25) is 14.3 Å². The van der Waals surface area contributed by atoms with Crippen molar-refractivity contribution in [2.45, 2.75) is 121 Å². The van der Waals surface area contributed by atoms with Crippen molar-refractivity contribution in [2.24, 2.45) is 0 Å². The molecule has 2 fully saturated rings. The van der Waals surface area contributed by atoms with Gasteiger partial charge in [-0.05, 0) is 18.1 Å². The summed E-state index contributed by atoms with van der Waals surface area (Å²) < 4.78 is 28.2. The quantitative estimate of drug-likeness (QED) is 0.444. The maximum atomic E-state index is 13.0. The fourth-order valence-electron chi connectivity index (χ4n) is 5.18. The maximum absolute atomic E-state index is 13.0. The minimum Gasteiger partial charge on any atom is -0.408 e. The lowest BCUT2D eigenvalue weighted by Crippen LogP contribution is -2.66. The number of ether oxygens (including phenoxy) is 1. The summed E-state index contributed by atoms with van der Waals surface area (Å²) >= 11 is 0. The van der Waals surface area contributed by atoms with E-state index in [1.807, 2.05) is 0 Å². The molecular weight excluding hydrogens is 496 g/mol. The zero-order valence-corrected chi connectivity index (χ0v) is 25.7. The van der Waals surface area contributed by atoms with E-state index in [1.54, 1.807) is 0 Å². The van der Waals surface area contributed by atoms with Crippen LogP contribution in [0.3, 0.4) is 0 Å². The van der Waals surface area contributed by atoms with E-state index >= 15 is 0 Å². The molecule has 0 spiro atoms. The van der Waals surface area contributed by atoms with Gasteiger partial charge < -0.3 is 22.8 Å². The third kappa shape index (κ3) is 5.02. The minimum absolute atomic E-state index is 0.0912. The summed E-state index contributed by atoms with van der Waals surface area (Å²) in [6.45, 7) is 23.9. The SMILES string of the molecule is CC(C)(C)[Si](C)(C)O[C@H]1C2O[Si](C(C)(C)C)(C(C)(C)C)OC[C@H]2O[C@H]1c1cn(CC=O)c(=O)[nH]c1=O. The van der Waals surface area contributed by atoms with Crippen LogP contribution in [0, 0.1) is 0 Å².